The molecule has 0 saturated carbocycles. The molecule has 2 amide bonds. The molecule has 0 radical (unpaired) electrons. The number of likely N-dealkylation sites (tertiary alicyclic amines) is 1. The molecule has 152 valence electrons. The Bertz CT molecular complexity index is 900. The summed E-state index contributed by atoms with van der Waals surface area (Å²) in [6.45, 7) is 1.93. The molecule has 1 aliphatic rings. The van der Waals surface area contributed by atoms with Crippen molar-refractivity contribution in [3.8, 4) is 0 Å². The quantitative estimate of drug-likeness (QED) is 0.224. The predicted octanol–water partition coefficient (Wildman–Crippen LogP) is 2.16. The number of aromatic nitrogens is 1. The van der Waals surface area contributed by atoms with Crippen LogP contribution in [-0.2, 0) is 14.4 Å². The van der Waals surface area contributed by atoms with Gasteiger partial charge >= 0.3 is 0 Å². The largest absolute Gasteiger partial charge is 0.315 e. The van der Waals surface area contributed by atoms with Gasteiger partial charge in [0.2, 0.25) is 5.78 Å². The first kappa shape index (κ1) is 20.8. The zero-order valence-electron chi connectivity index (χ0n) is 15.8. The topological polar surface area (TPSA) is 117 Å². The lowest BCUT2D eigenvalue weighted by Gasteiger charge is -2.32. The molecule has 0 aliphatic carbocycles. The Morgan fingerprint density at radius 1 is 1.28 bits per heavy atom. The molecular formula is C20H21N3O5S. The van der Waals surface area contributed by atoms with E-state index in [1.165, 1.54) is 40.8 Å². The van der Waals surface area contributed by atoms with Crippen molar-refractivity contribution in [1.29, 1.82) is 0 Å². The predicted molar refractivity (Wildman–Crippen MR) is 104 cm³/mol. The number of Topliss-reactive ketones (excluding diaryl/α,β-unsaturated/α-hetero) is 2. The highest BCUT2D eigenvalue weighted by Crippen LogP contribution is 2.42. The minimum absolute atomic E-state index is 0.264. The smallest absolute Gasteiger partial charge is 0.292 e. The third-order valence-electron chi connectivity index (χ3n) is 5.00. The Balaban J connectivity index is 2.08. The fraction of sp³-hybridized carbons (Fsp3) is 0.350. The van der Waals surface area contributed by atoms with Crippen LogP contribution in [0.4, 0.5) is 0 Å². The second-order valence-electron chi connectivity index (χ2n) is 6.75. The normalized spacial score (nSPS) is 20.0. The van der Waals surface area contributed by atoms with E-state index in [-0.39, 0.29) is 12.0 Å². The van der Waals surface area contributed by atoms with E-state index in [9.17, 15) is 24.4 Å². The van der Waals surface area contributed by atoms with Gasteiger partial charge in [0.1, 0.15) is 12.0 Å². The molecule has 2 aromatic rings. The van der Waals surface area contributed by atoms with E-state index in [0.717, 1.165) is 6.42 Å². The molecule has 9 heteroatoms. The van der Waals surface area contributed by atoms with Gasteiger partial charge in [-0.05, 0) is 30.0 Å². The molecule has 2 aromatic heterocycles. The Morgan fingerprint density at radius 2 is 2.00 bits per heavy atom. The summed E-state index contributed by atoms with van der Waals surface area (Å²) in [6, 6.07) is 4.50. The number of ketones is 2. The summed E-state index contributed by atoms with van der Waals surface area (Å²) in [6.07, 6.45) is 4.51. The standard InChI is InChI=1S/C20H21N3O5S/c1-2-3-5-13(19(26)22-28)23-16(14-6-4-11-29-14)15(18(25)20(23)27)17(24)12-7-9-21-10-8-12/h4,6-11,13,15-16,28H,2-3,5H2,1H3,(H,22,26). The van der Waals surface area contributed by atoms with Crippen molar-refractivity contribution in [3.63, 3.8) is 0 Å². The number of hydrogen-bond donors (Lipinski definition) is 2. The van der Waals surface area contributed by atoms with Crippen LogP contribution in [0.2, 0.25) is 0 Å². The van der Waals surface area contributed by atoms with Crippen molar-refractivity contribution in [2.24, 2.45) is 5.92 Å². The van der Waals surface area contributed by atoms with Crippen molar-refractivity contribution in [1.82, 2.24) is 15.4 Å². The van der Waals surface area contributed by atoms with Gasteiger partial charge in [-0.15, -0.1) is 11.3 Å². The molecule has 0 spiro atoms. The van der Waals surface area contributed by atoms with E-state index >= 15 is 0 Å². The highest BCUT2D eigenvalue weighted by atomic mass is 32.1. The Labute approximate surface area is 171 Å². The monoisotopic (exact) mass is 415 g/mol. The van der Waals surface area contributed by atoms with Gasteiger partial charge in [-0.2, -0.15) is 0 Å². The number of pyridine rings is 1. The van der Waals surface area contributed by atoms with Gasteiger partial charge in [0.05, 0.1) is 6.04 Å². The van der Waals surface area contributed by atoms with Crippen LogP contribution in [-0.4, -0.2) is 44.5 Å². The SMILES string of the molecule is CCCCC(C(=O)NO)N1C(=O)C(=O)C(C(=O)c2ccncc2)C1c1cccs1. The molecule has 3 heterocycles. The van der Waals surface area contributed by atoms with Gasteiger partial charge in [-0.1, -0.05) is 25.8 Å². The second kappa shape index (κ2) is 9.06. The summed E-state index contributed by atoms with van der Waals surface area (Å²) in [5.74, 6) is -4.28. The molecule has 8 nitrogen and oxygen atoms in total. The van der Waals surface area contributed by atoms with Gasteiger partial charge in [0.15, 0.2) is 5.78 Å². The van der Waals surface area contributed by atoms with Gasteiger partial charge in [0, 0.05) is 22.8 Å². The van der Waals surface area contributed by atoms with Gasteiger partial charge in [0.25, 0.3) is 11.8 Å². The van der Waals surface area contributed by atoms with Crippen LogP contribution in [0.15, 0.2) is 42.0 Å². The summed E-state index contributed by atoms with van der Waals surface area (Å²) >= 11 is 1.30. The number of carbonyl (C=O) groups is 4. The Morgan fingerprint density at radius 3 is 2.59 bits per heavy atom. The highest BCUT2D eigenvalue weighted by molar-refractivity contribution is 7.10. The number of hydrogen-bond acceptors (Lipinski definition) is 7. The average Bonchev–Trinajstić information content (AvgIpc) is 3.36. The number of carbonyl (C=O) groups excluding carboxylic acids is 4. The van der Waals surface area contributed by atoms with Crippen molar-refractivity contribution in [2.45, 2.75) is 38.3 Å². The molecule has 3 unspecified atom stereocenters. The van der Waals surface area contributed by atoms with Crippen LogP contribution in [0, 0.1) is 5.92 Å². The van der Waals surface area contributed by atoms with Crippen LogP contribution in [0.3, 0.4) is 0 Å². The second-order valence-corrected chi connectivity index (χ2v) is 7.73. The molecule has 0 aromatic carbocycles. The maximum Gasteiger partial charge on any atom is 0.292 e. The number of thiophene rings is 1. The first-order chi connectivity index (χ1) is 14.0. The number of amides is 2. The van der Waals surface area contributed by atoms with Crippen molar-refractivity contribution < 1.29 is 24.4 Å². The fourth-order valence-corrected chi connectivity index (χ4v) is 4.47. The molecule has 0 bridgehead atoms. The first-order valence-electron chi connectivity index (χ1n) is 9.29. The summed E-state index contributed by atoms with van der Waals surface area (Å²) in [5.41, 5.74) is 1.86. The van der Waals surface area contributed by atoms with Crippen molar-refractivity contribution >= 4 is 34.7 Å². The van der Waals surface area contributed by atoms with E-state index < -0.39 is 41.4 Å². The summed E-state index contributed by atoms with van der Waals surface area (Å²) in [7, 11) is 0. The van der Waals surface area contributed by atoms with Crippen LogP contribution < -0.4 is 5.48 Å². The van der Waals surface area contributed by atoms with Crippen LogP contribution >= 0.6 is 11.3 Å². The number of unbranched alkanes of at least 4 members (excludes halogenated alkanes) is 1. The van der Waals surface area contributed by atoms with Crippen LogP contribution in [0.5, 0.6) is 0 Å². The Kier molecular flexibility index (Phi) is 6.50. The third kappa shape index (κ3) is 3.96. The van der Waals surface area contributed by atoms with E-state index in [1.807, 2.05) is 6.92 Å². The number of nitrogens with one attached hydrogen (secondary N) is 1. The molecule has 2 N–H and O–H groups in total. The lowest BCUT2D eigenvalue weighted by Crippen LogP contribution is -2.48. The number of hydroxylamine groups is 1. The van der Waals surface area contributed by atoms with Crippen LogP contribution in [0.25, 0.3) is 0 Å². The highest BCUT2D eigenvalue weighted by Gasteiger charge is 2.55. The van der Waals surface area contributed by atoms with Crippen molar-refractivity contribution in [3.05, 3.63) is 52.5 Å². The van der Waals surface area contributed by atoms with E-state index in [0.29, 0.717) is 11.3 Å². The van der Waals surface area contributed by atoms with E-state index in [1.54, 1.807) is 23.0 Å². The van der Waals surface area contributed by atoms with Crippen LogP contribution in [0.1, 0.15) is 47.5 Å². The molecule has 3 atom stereocenters. The molecular weight excluding hydrogens is 394 g/mol. The number of nitrogens with zero attached hydrogens (tertiary/aromatic N) is 2. The Hall–Kier alpha value is -2.91. The fourth-order valence-electron chi connectivity index (χ4n) is 3.61. The molecule has 3 rings (SSSR count). The zero-order chi connectivity index (χ0) is 21.0. The minimum Gasteiger partial charge on any atom is -0.315 e. The summed E-state index contributed by atoms with van der Waals surface area (Å²) in [4.78, 5) is 57.0. The van der Waals surface area contributed by atoms with Gasteiger partial charge < -0.3 is 4.90 Å². The third-order valence-corrected chi connectivity index (χ3v) is 5.95. The maximum absolute atomic E-state index is 13.2. The minimum atomic E-state index is -1.26. The van der Waals surface area contributed by atoms with Gasteiger partial charge in [-0.25, -0.2) is 5.48 Å². The maximum atomic E-state index is 13.2. The van der Waals surface area contributed by atoms with E-state index in [2.05, 4.69) is 4.98 Å². The lowest BCUT2D eigenvalue weighted by molar-refractivity contribution is -0.147. The van der Waals surface area contributed by atoms with Crippen molar-refractivity contribution in [2.75, 3.05) is 0 Å². The molecule has 29 heavy (non-hydrogen) atoms. The van der Waals surface area contributed by atoms with Gasteiger partial charge in [-0.3, -0.25) is 29.4 Å². The lowest BCUT2D eigenvalue weighted by atomic mass is 9.89. The summed E-state index contributed by atoms with van der Waals surface area (Å²) < 4.78 is 0. The molecule has 1 aliphatic heterocycles. The number of rotatable bonds is 8. The van der Waals surface area contributed by atoms with E-state index in [4.69, 9.17) is 0 Å². The molecule has 1 saturated heterocycles. The summed E-state index contributed by atoms with van der Waals surface area (Å²) in [5, 5.41) is 11.0. The zero-order valence-corrected chi connectivity index (χ0v) is 16.6. The molecule has 1 fully saturated rings. The first-order valence-corrected chi connectivity index (χ1v) is 10.2. The average molecular weight is 415 g/mol.